The number of rotatable bonds is 11. The number of methoxy groups -OCH3 is 3. The first-order valence-corrected chi connectivity index (χ1v) is 11.5. The van der Waals surface area contributed by atoms with Crippen molar-refractivity contribution in [2.24, 2.45) is 11.0 Å². The van der Waals surface area contributed by atoms with Crippen LogP contribution in [0.1, 0.15) is 11.7 Å². The lowest BCUT2D eigenvalue weighted by molar-refractivity contribution is -0.262. The van der Waals surface area contributed by atoms with Crippen LogP contribution in [0.4, 0.5) is 22.0 Å². The maximum atomic E-state index is 14.7. The maximum Gasteiger partial charge on any atom is 0.351 e. The number of benzene rings is 1. The summed E-state index contributed by atoms with van der Waals surface area (Å²) in [6.07, 6.45) is -6.83. The molecule has 2 aliphatic heterocycles. The molecule has 0 spiro atoms. The van der Waals surface area contributed by atoms with Crippen LogP contribution in [0.5, 0.6) is 0 Å². The third kappa shape index (κ3) is 5.43. The van der Waals surface area contributed by atoms with Crippen LogP contribution in [-0.4, -0.2) is 90.0 Å². The monoisotopic (exact) mass is 584 g/mol. The van der Waals surface area contributed by atoms with Crippen molar-refractivity contribution in [1.82, 2.24) is 5.32 Å². The van der Waals surface area contributed by atoms with E-state index < -0.39 is 95.1 Å². The van der Waals surface area contributed by atoms with E-state index in [2.05, 4.69) is 25.1 Å². The smallest absolute Gasteiger partial charge is 0.351 e. The molecule has 0 aliphatic carbocycles. The molecule has 1 unspecified atom stereocenters. The average molecular weight is 584 g/mol. The van der Waals surface area contributed by atoms with Gasteiger partial charge in [-0.15, -0.1) is 0 Å². The molecule has 0 radical (unpaired) electrons. The van der Waals surface area contributed by atoms with Gasteiger partial charge >= 0.3 is 5.97 Å². The Labute approximate surface area is 223 Å². The Balaban J connectivity index is 1.92. The van der Waals surface area contributed by atoms with Crippen molar-refractivity contribution in [3.05, 3.63) is 45.1 Å². The van der Waals surface area contributed by atoms with Crippen LogP contribution in [0.2, 0.25) is 0 Å². The molecule has 222 valence electrons. The molecule has 0 saturated carbocycles. The minimum Gasteiger partial charge on any atom is -0.378 e. The number of hydrogen-bond acceptors (Lipinski definition) is 10. The van der Waals surface area contributed by atoms with Gasteiger partial charge in [-0.3, -0.25) is 9.68 Å². The number of amides is 1. The highest BCUT2D eigenvalue weighted by atomic mass is 19.2. The molecule has 2 fully saturated rings. The number of carbonyl (C=O) groups is 2. The zero-order chi connectivity index (χ0) is 29.8. The molecule has 1 aromatic carbocycles. The number of carbonyl (C=O) groups excluding carboxylic acids is 2. The summed E-state index contributed by atoms with van der Waals surface area (Å²) >= 11 is 0. The van der Waals surface area contributed by atoms with Crippen molar-refractivity contribution in [2.75, 3.05) is 48.1 Å². The van der Waals surface area contributed by atoms with Gasteiger partial charge in [0.1, 0.15) is 30.3 Å². The van der Waals surface area contributed by atoms with E-state index >= 15 is 0 Å². The summed E-state index contributed by atoms with van der Waals surface area (Å²) in [5.74, 6) is -15.3. The highest BCUT2D eigenvalue weighted by Gasteiger charge is 2.57. The van der Waals surface area contributed by atoms with Gasteiger partial charge in [-0.2, -0.15) is 4.89 Å². The molecule has 7 atom stereocenters. The second kappa shape index (κ2) is 13.0. The second-order valence-corrected chi connectivity index (χ2v) is 8.60. The van der Waals surface area contributed by atoms with E-state index in [0.29, 0.717) is 0 Å². The first kappa shape index (κ1) is 31.4. The van der Waals surface area contributed by atoms with Gasteiger partial charge in [0.2, 0.25) is 5.82 Å². The number of halogens is 5. The lowest BCUT2D eigenvalue weighted by Crippen LogP contribution is -2.59. The number of nitrogens with zero attached hydrogens (tertiary/aromatic N) is 3. The Kier molecular flexibility index (Phi) is 10.2. The Morgan fingerprint density at radius 1 is 1.02 bits per heavy atom. The molecule has 0 aromatic heterocycles. The largest absolute Gasteiger partial charge is 0.378 e. The van der Waals surface area contributed by atoms with Gasteiger partial charge in [-0.05, 0) is 5.53 Å². The predicted octanol–water partition coefficient (Wildman–Crippen LogP) is 1.78. The van der Waals surface area contributed by atoms with Crippen LogP contribution in [-0.2, 0) is 43.0 Å². The zero-order valence-corrected chi connectivity index (χ0v) is 21.5. The summed E-state index contributed by atoms with van der Waals surface area (Å²) in [7, 11) is 4.49. The molecule has 1 aromatic rings. The highest BCUT2D eigenvalue weighted by Crippen LogP contribution is 2.44. The third-order valence-corrected chi connectivity index (χ3v) is 6.71. The fourth-order valence-electron chi connectivity index (χ4n) is 4.84. The number of ether oxygens (including phenoxy) is 5. The van der Waals surface area contributed by atoms with Gasteiger partial charge in [-0.1, -0.05) is 5.11 Å². The van der Waals surface area contributed by atoms with Gasteiger partial charge in [0.05, 0.1) is 31.9 Å². The van der Waals surface area contributed by atoms with Gasteiger partial charge in [0.25, 0.3) is 5.91 Å². The van der Waals surface area contributed by atoms with Crippen LogP contribution < -0.4 is 5.32 Å². The van der Waals surface area contributed by atoms with Crippen molar-refractivity contribution in [2.45, 2.75) is 36.1 Å². The number of nitrogens with one attached hydrogen (secondary N) is 1. The molecule has 13 nitrogen and oxygen atoms in total. The van der Waals surface area contributed by atoms with Crippen molar-refractivity contribution in [1.29, 1.82) is 0 Å². The number of hydrogen-bond donors (Lipinski definition) is 1. The fourth-order valence-corrected chi connectivity index (χ4v) is 4.84. The summed E-state index contributed by atoms with van der Waals surface area (Å²) < 4.78 is 98.1. The van der Waals surface area contributed by atoms with E-state index in [4.69, 9.17) is 29.2 Å². The molecule has 3 rings (SSSR count). The lowest BCUT2D eigenvalue weighted by atomic mass is 9.90. The van der Waals surface area contributed by atoms with E-state index in [1.807, 2.05) is 0 Å². The van der Waals surface area contributed by atoms with Gasteiger partial charge < -0.3 is 29.0 Å². The third-order valence-electron chi connectivity index (χ3n) is 6.71. The van der Waals surface area contributed by atoms with E-state index in [1.54, 1.807) is 0 Å². The molecule has 1 N–H and O–H groups in total. The van der Waals surface area contributed by atoms with E-state index in [0.717, 1.165) is 14.2 Å². The van der Waals surface area contributed by atoms with Gasteiger partial charge in [0.15, 0.2) is 28.9 Å². The maximum absolute atomic E-state index is 14.7. The van der Waals surface area contributed by atoms with Crippen molar-refractivity contribution in [3.63, 3.8) is 0 Å². The molecule has 2 aliphatic rings. The summed E-state index contributed by atoms with van der Waals surface area (Å²) in [5.41, 5.74) is 5.40. The summed E-state index contributed by atoms with van der Waals surface area (Å²) in [6, 6.07) is 0. The summed E-state index contributed by atoms with van der Waals surface area (Å²) in [4.78, 5) is 37.3. The van der Waals surface area contributed by atoms with E-state index in [-0.39, 0.29) is 13.2 Å². The molecule has 1 amide bonds. The quantitative estimate of drug-likeness (QED) is 0.0598. The molecule has 18 heteroatoms. The lowest BCUT2D eigenvalue weighted by Gasteiger charge is -2.32. The molecule has 40 heavy (non-hydrogen) atoms. The minimum absolute atomic E-state index is 0.183. The Bertz CT molecular complexity index is 1140. The van der Waals surface area contributed by atoms with Crippen LogP contribution in [0, 0.1) is 35.0 Å². The molecule has 2 saturated heterocycles. The van der Waals surface area contributed by atoms with E-state index in [1.165, 1.54) is 14.2 Å². The normalized spacial score (nSPS) is 29.7. The summed E-state index contributed by atoms with van der Waals surface area (Å²) in [6.45, 7) is -1.02. The van der Waals surface area contributed by atoms with Crippen LogP contribution >= 0.6 is 0 Å². The molecular formula is C22H25F5N4O9. The van der Waals surface area contributed by atoms with Gasteiger partial charge in [0, 0.05) is 32.8 Å². The average Bonchev–Trinajstić information content (AvgIpc) is 3.51. The molecule has 2 heterocycles. The van der Waals surface area contributed by atoms with E-state index in [9.17, 15) is 31.5 Å². The van der Waals surface area contributed by atoms with Crippen molar-refractivity contribution in [3.8, 4) is 0 Å². The van der Waals surface area contributed by atoms with Crippen LogP contribution in [0.25, 0.3) is 10.4 Å². The van der Waals surface area contributed by atoms with Crippen LogP contribution in [0.3, 0.4) is 0 Å². The first-order chi connectivity index (χ1) is 19.0. The topological polar surface area (TPSA) is 160 Å². The predicted molar refractivity (Wildman–Crippen MR) is 119 cm³/mol. The minimum atomic E-state index is -2.41. The SMILES string of the molecule is COOC(=O)[C@@H]1C(c2c(F)c(F)c(F)c(F)c2F)O[C@@H](CNC(=O)[C@@]2(OC)CO[C@@H](CN=[N+]=[N-])[C@H]2OC)[C@@H]1OC. The van der Waals surface area contributed by atoms with Gasteiger partial charge in [-0.25, -0.2) is 26.7 Å². The van der Waals surface area contributed by atoms with Crippen LogP contribution in [0.15, 0.2) is 5.11 Å². The Morgan fingerprint density at radius 3 is 2.17 bits per heavy atom. The fraction of sp³-hybridized carbons (Fsp3) is 0.636. The highest BCUT2D eigenvalue weighted by molar-refractivity contribution is 5.87. The Morgan fingerprint density at radius 2 is 1.65 bits per heavy atom. The Hall–Kier alpha value is -3.12. The van der Waals surface area contributed by atoms with Crippen molar-refractivity contribution >= 4 is 11.9 Å². The standard InChI is InChI=1S/C22H25F5N4O9/c1-34-17-8(5-29-21(33)22(36-3)7-38-9(6-30-31-28)19(22)35-2)39-18(11(17)20(32)40-37-4)10-12(23)14(25)16(27)15(26)13(10)24/h8-9,11,17-19H,5-7H2,1-4H3,(H,29,33)/t8-,9-,11-,17-,18?,19+,22+/m0/s1. The van der Waals surface area contributed by atoms with Crippen molar-refractivity contribution < 1.29 is 65.0 Å². The zero-order valence-electron chi connectivity index (χ0n) is 21.5. The number of azide groups is 1. The molecular weight excluding hydrogens is 559 g/mol. The molecule has 0 bridgehead atoms. The second-order valence-electron chi connectivity index (χ2n) is 8.60. The first-order valence-electron chi connectivity index (χ1n) is 11.5. The summed E-state index contributed by atoms with van der Waals surface area (Å²) in [5, 5.41) is 5.89.